The van der Waals surface area contributed by atoms with Gasteiger partial charge in [-0.15, -0.1) is 0 Å². The highest BCUT2D eigenvalue weighted by molar-refractivity contribution is 7.89. The fraction of sp³-hybridized carbons (Fsp3) is 0.444. The number of piperidine rings is 1. The van der Waals surface area contributed by atoms with Crippen LogP contribution in [-0.2, 0) is 16.6 Å². The minimum Gasteiger partial charge on any atom is -0.335 e. The molecule has 1 aromatic carbocycles. The van der Waals surface area contributed by atoms with Crippen LogP contribution >= 0.6 is 0 Å². The average molecular weight is 374 g/mol. The summed E-state index contributed by atoms with van der Waals surface area (Å²) < 4.78 is 28.7. The van der Waals surface area contributed by atoms with Crippen LogP contribution in [0.4, 0.5) is 0 Å². The largest absolute Gasteiger partial charge is 0.335 e. The van der Waals surface area contributed by atoms with Gasteiger partial charge in [0.05, 0.1) is 17.9 Å². The van der Waals surface area contributed by atoms with E-state index < -0.39 is 10.0 Å². The van der Waals surface area contributed by atoms with E-state index >= 15 is 0 Å². The highest BCUT2D eigenvalue weighted by atomic mass is 32.2. The predicted octanol–water partition coefficient (Wildman–Crippen LogP) is 2.02. The van der Waals surface area contributed by atoms with Gasteiger partial charge in [0, 0.05) is 19.6 Å². The van der Waals surface area contributed by atoms with E-state index in [1.807, 2.05) is 4.90 Å². The number of sulfonamides is 1. The summed E-state index contributed by atoms with van der Waals surface area (Å²) in [5.74, 6) is -0.115. The molecule has 1 amide bonds. The molecule has 2 aromatic rings. The Labute approximate surface area is 153 Å². The van der Waals surface area contributed by atoms with Crippen LogP contribution in [0.15, 0.2) is 35.5 Å². The number of likely N-dealkylation sites (tertiary alicyclic amines) is 1. The summed E-state index contributed by atoms with van der Waals surface area (Å²) in [6.07, 6.45) is 4.66. The number of carbonyl (C=O) groups is 1. The number of imidazole rings is 1. The second kappa shape index (κ2) is 6.21. The molecule has 0 saturated carbocycles. The first kappa shape index (κ1) is 17.2. The second-order valence-corrected chi connectivity index (χ2v) is 9.00. The Balaban J connectivity index is 1.84. The molecule has 1 aromatic heterocycles. The zero-order valence-electron chi connectivity index (χ0n) is 14.9. The van der Waals surface area contributed by atoms with Crippen LogP contribution in [0.2, 0.25) is 0 Å². The molecule has 8 heteroatoms. The molecule has 0 unspecified atom stereocenters. The van der Waals surface area contributed by atoms with Gasteiger partial charge in [-0.2, -0.15) is 4.31 Å². The van der Waals surface area contributed by atoms with E-state index in [9.17, 15) is 13.2 Å². The molecule has 3 heterocycles. The van der Waals surface area contributed by atoms with Gasteiger partial charge < -0.3 is 4.90 Å². The maximum atomic E-state index is 13.1. The first-order valence-electron chi connectivity index (χ1n) is 8.84. The first-order valence-corrected chi connectivity index (χ1v) is 10.3. The van der Waals surface area contributed by atoms with Crippen molar-refractivity contribution in [2.45, 2.75) is 43.7 Å². The lowest BCUT2D eigenvalue weighted by molar-refractivity contribution is 0.0628. The molecule has 0 N–H and O–H groups in total. The number of carbonyl (C=O) groups excluding carboxylic acids is 1. The number of fused-ring (bicyclic) bond motifs is 3. The quantitative estimate of drug-likeness (QED) is 0.765. The zero-order chi connectivity index (χ0) is 18.5. The summed E-state index contributed by atoms with van der Waals surface area (Å²) >= 11 is 0. The summed E-state index contributed by atoms with van der Waals surface area (Å²) in [5, 5.41) is 0. The van der Waals surface area contributed by atoms with Crippen molar-refractivity contribution >= 4 is 15.9 Å². The minimum absolute atomic E-state index is 0.111. The molecular formula is C18H22N4O3S. The van der Waals surface area contributed by atoms with Gasteiger partial charge in [-0.3, -0.25) is 9.36 Å². The van der Waals surface area contributed by atoms with Gasteiger partial charge in [-0.1, -0.05) is 12.1 Å². The van der Waals surface area contributed by atoms with Crippen molar-refractivity contribution in [2.75, 3.05) is 13.6 Å². The number of amides is 1. The van der Waals surface area contributed by atoms with Gasteiger partial charge in [0.25, 0.3) is 5.91 Å². The Kier molecular flexibility index (Phi) is 4.11. The number of benzene rings is 1. The van der Waals surface area contributed by atoms with E-state index in [0.29, 0.717) is 17.1 Å². The van der Waals surface area contributed by atoms with Gasteiger partial charge in [-0.05, 0) is 38.3 Å². The number of rotatable bonds is 1. The highest BCUT2D eigenvalue weighted by Gasteiger charge is 2.34. The first-order chi connectivity index (χ1) is 12.4. The second-order valence-electron chi connectivity index (χ2n) is 6.98. The van der Waals surface area contributed by atoms with E-state index in [0.717, 1.165) is 25.8 Å². The fourth-order valence-corrected chi connectivity index (χ4v) is 5.09. The summed E-state index contributed by atoms with van der Waals surface area (Å²) in [5.41, 5.74) is 1.49. The van der Waals surface area contributed by atoms with E-state index in [1.165, 1.54) is 11.4 Å². The van der Waals surface area contributed by atoms with Crippen LogP contribution in [0.1, 0.15) is 42.4 Å². The van der Waals surface area contributed by atoms with Crippen molar-refractivity contribution in [3.8, 4) is 5.69 Å². The van der Waals surface area contributed by atoms with Gasteiger partial charge in [0.1, 0.15) is 11.2 Å². The SMILES string of the molecule is C[C@H]1CCCCN1C(=O)c1ncn2c1CN(C)S(=O)(=O)c1ccccc1-2. The van der Waals surface area contributed by atoms with Crippen LogP contribution in [0.5, 0.6) is 0 Å². The highest BCUT2D eigenvalue weighted by Crippen LogP contribution is 2.31. The molecule has 0 bridgehead atoms. The number of hydrogen-bond donors (Lipinski definition) is 0. The molecule has 1 atom stereocenters. The number of aromatic nitrogens is 2. The molecule has 1 fully saturated rings. The number of para-hydroxylation sites is 1. The van der Waals surface area contributed by atoms with E-state index in [1.54, 1.807) is 35.2 Å². The molecular weight excluding hydrogens is 352 g/mol. The van der Waals surface area contributed by atoms with E-state index in [4.69, 9.17) is 0 Å². The molecule has 1 saturated heterocycles. The van der Waals surface area contributed by atoms with Crippen LogP contribution in [0.25, 0.3) is 5.69 Å². The third-order valence-electron chi connectivity index (χ3n) is 5.32. The predicted molar refractivity (Wildman–Crippen MR) is 96.6 cm³/mol. The van der Waals surface area contributed by atoms with Crippen molar-refractivity contribution in [1.82, 2.24) is 18.8 Å². The summed E-state index contributed by atoms with van der Waals surface area (Å²) in [6.45, 7) is 2.88. The standard InChI is InChI=1S/C18H22N4O3S/c1-13-7-5-6-10-21(13)18(23)17-15-11-20(2)26(24,25)16-9-4-3-8-14(16)22(15)12-19-17/h3-4,8-9,12-13H,5-7,10-11H2,1-2H3/t13-/m0/s1. The normalized spacial score (nSPS) is 22.4. The van der Waals surface area contributed by atoms with Crippen molar-refractivity contribution < 1.29 is 13.2 Å². The Morgan fingerprint density at radius 3 is 2.77 bits per heavy atom. The molecule has 4 rings (SSSR count). The molecule has 7 nitrogen and oxygen atoms in total. The van der Waals surface area contributed by atoms with Gasteiger partial charge >= 0.3 is 0 Å². The van der Waals surface area contributed by atoms with Crippen LogP contribution in [0, 0.1) is 0 Å². The number of nitrogens with zero attached hydrogens (tertiary/aromatic N) is 4. The molecule has 138 valence electrons. The zero-order valence-corrected chi connectivity index (χ0v) is 15.7. The van der Waals surface area contributed by atoms with Crippen molar-refractivity contribution in [3.05, 3.63) is 42.0 Å². The number of hydrogen-bond acceptors (Lipinski definition) is 4. The molecule has 0 aliphatic carbocycles. The lowest BCUT2D eigenvalue weighted by Crippen LogP contribution is -2.42. The van der Waals surface area contributed by atoms with Crippen LogP contribution in [0.3, 0.4) is 0 Å². The maximum absolute atomic E-state index is 13.1. The lowest BCUT2D eigenvalue weighted by Gasteiger charge is -2.33. The molecule has 2 aliphatic heterocycles. The molecule has 2 aliphatic rings. The lowest BCUT2D eigenvalue weighted by atomic mass is 10.0. The Hall–Kier alpha value is -2.19. The molecule has 0 spiro atoms. The summed E-state index contributed by atoms with van der Waals surface area (Å²) in [6, 6.07) is 7.00. The molecule has 26 heavy (non-hydrogen) atoms. The summed E-state index contributed by atoms with van der Waals surface area (Å²) in [7, 11) is -2.08. The van der Waals surface area contributed by atoms with Gasteiger partial charge in [0.2, 0.25) is 10.0 Å². The summed E-state index contributed by atoms with van der Waals surface area (Å²) in [4.78, 5) is 19.6. The van der Waals surface area contributed by atoms with E-state index in [2.05, 4.69) is 11.9 Å². The van der Waals surface area contributed by atoms with Crippen molar-refractivity contribution in [1.29, 1.82) is 0 Å². The minimum atomic E-state index is -3.61. The topological polar surface area (TPSA) is 75.5 Å². The smallest absolute Gasteiger partial charge is 0.274 e. The van der Waals surface area contributed by atoms with Gasteiger partial charge in [-0.25, -0.2) is 13.4 Å². The van der Waals surface area contributed by atoms with Crippen molar-refractivity contribution in [3.63, 3.8) is 0 Å². The van der Waals surface area contributed by atoms with Crippen LogP contribution in [-0.4, -0.2) is 52.7 Å². The Bertz CT molecular complexity index is 967. The monoisotopic (exact) mass is 374 g/mol. The Morgan fingerprint density at radius 2 is 2.00 bits per heavy atom. The average Bonchev–Trinajstić information content (AvgIpc) is 3.01. The fourth-order valence-electron chi connectivity index (χ4n) is 3.79. The van der Waals surface area contributed by atoms with Crippen LogP contribution < -0.4 is 0 Å². The van der Waals surface area contributed by atoms with Crippen molar-refractivity contribution in [2.24, 2.45) is 0 Å². The van der Waals surface area contributed by atoms with E-state index in [-0.39, 0.29) is 23.4 Å². The molecule has 0 radical (unpaired) electrons. The van der Waals surface area contributed by atoms with Gasteiger partial charge in [0.15, 0.2) is 5.69 Å². The third kappa shape index (κ3) is 2.55. The third-order valence-corrected chi connectivity index (χ3v) is 7.17. The Morgan fingerprint density at radius 1 is 1.23 bits per heavy atom. The maximum Gasteiger partial charge on any atom is 0.274 e.